The fraction of sp³-hybridized carbons (Fsp3) is 0.316. The van der Waals surface area contributed by atoms with Crippen LogP contribution in [0.3, 0.4) is 0 Å². The molecule has 0 saturated carbocycles. The third kappa shape index (κ3) is 5.11. The summed E-state index contributed by atoms with van der Waals surface area (Å²) in [6.07, 6.45) is 0.812. The summed E-state index contributed by atoms with van der Waals surface area (Å²) >= 11 is 6.27. The van der Waals surface area contributed by atoms with Crippen molar-refractivity contribution in [3.63, 3.8) is 0 Å². The Morgan fingerprint density at radius 2 is 1.92 bits per heavy atom. The zero-order chi connectivity index (χ0) is 17.5. The number of anilines is 1. The Morgan fingerprint density at radius 3 is 2.64 bits per heavy atom. The van der Waals surface area contributed by atoms with Gasteiger partial charge in [-0.2, -0.15) is 0 Å². The molecule has 132 valence electrons. The van der Waals surface area contributed by atoms with Gasteiger partial charge in [-0.3, -0.25) is 0 Å². The van der Waals surface area contributed by atoms with Crippen molar-refractivity contribution < 1.29 is 14.3 Å². The molecule has 1 heterocycles. The highest BCUT2D eigenvalue weighted by Crippen LogP contribution is 2.28. The van der Waals surface area contributed by atoms with Crippen molar-refractivity contribution in [2.24, 2.45) is 0 Å². The van der Waals surface area contributed by atoms with Crippen LogP contribution in [-0.2, 0) is 11.2 Å². The van der Waals surface area contributed by atoms with Crippen LogP contribution in [0.1, 0.15) is 5.56 Å². The summed E-state index contributed by atoms with van der Waals surface area (Å²) in [5, 5.41) is 3.33. The van der Waals surface area contributed by atoms with Crippen LogP contribution in [0.15, 0.2) is 48.5 Å². The van der Waals surface area contributed by atoms with E-state index < -0.39 is 0 Å². The zero-order valence-electron chi connectivity index (χ0n) is 13.9. The minimum absolute atomic E-state index is 0.142. The zero-order valence-corrected chi connectivity index (χ0v) is 14.7. The van der Waals surface area contributed by atoms with Crippen LogP contribution in [0.4, 0.5) is 10.5 Å². The minimum atomic E-state index is -0.142. The molecule has 0 aromatic heterocycles. The highest BCUT2D eigenvalue weighted by atomic mass is 35.5. The molecular formula is C19H21ClN2O3. The van der Waals surface area contributed by atoms with Crippen molar-refractivity contribution in [3.8, 4) is 5.75 Å². The lowest BCUT2D eigenvalue weighted by Crippen LogP contribution is -2.43. The van der Waals surface area contributed by atoms with Gasteiger partial charge in [0.25, 0.3) is 0 Å². The molecule has 2 aromatic carbocycles. The molecule has 1 saturated heterocycles. The maximum atomic E-state index is 12.2. The van der Waals surface area contributed by atoms with Gasteiger partial charge in [0, 0.05) is 25.2 Å². The van der Waals surface area contributed by atoms with Gasteiger partial charge in [-0.25, -0.2) is 4.79 Å². The van der Waals surface area contributed by atoms with Gasteiger partial charge < -0.3 is 19.7 Å². The van der Waals surface area contributed by atoms with Gasteiger partial charge in [0.15, 0.2) is 0 Å². The molecule has 0 unspecified atom stereocenters. The summed E-state index contributed by atoms with van der Waals surface area (Å²) in [5.74, 6) is 0.613. The van der Waals surface area contributed by atoms with Crippen molar-refractivity contribution in [2.45, 2.75) is 6.42 Å². The average molecular weight is 361 g/mol. The van der Waals surface area contributed by atoms with E-state index >= 15 is 0 Å². The molecule has 2 aromatic rings. The molecular weight excluding hydrogens is 340 g/mol. The van der Waals surface area contributed by atoms with Crippen LogP contribution < -0.4 is 10.1 Å². The number of urea groups is 1. The number of carbonyl (C=O) groups is 1. The first-order chi connectivity index (χ1) is 12.2. The Kier molecular flexibility index (Phi) is 6.14. The monoisotopic (exact) mass is 360 g/mol. The van der Waals surface area contributed by atoms with E-state index in [0.29, 0.717) is 49.4 Å². The molecule has 2 amide bonds. The standard InChI is InChI=1S/C19H21ClN2O3/c20-17-14-16(21-19(23)22-9-12-24-13-10-22)6-7-18(17)25-11-8-15-4-2-1-3-5-15/h1-7,14H,8-13H2,(H,21,23). The van der Waals surface area contributed by atoms with E-state index in [4.69, 9.17) is 21.1 Å². The summed E-state index contributed by atoms with van der Waals surface area (Å²) in [7, 11) is 0. The van der Waals surface area contributed by atoms with Gasteiger partial charge in [0.05, 0.1) is 24.8 Å². The molecule has 0 bridgehead atoms. The van der Waals surface area contributed by atoms with Gasteiger partial charge in [0.1, 0.15) is 5.75 Å². The third-order valence-electron chi connectivity index (χ3n) is 3.97. The molecule has 0 radical (unpaired) electrons. The summed E-state index contributed by atoms with van der Waals surface area (Å²) in [4.78, 5) is 13.9. The number of ether oxygens (including phenoxy) is 2. The van der Waals surface area contributed by atoms with E-state index in [9.17, 15) is 4.79 Å². The molecule has 25 heavy (non-hydrogen) atoms. The molecule has 0 spiro atoms. The van der Waals surface area contributed by atoms with E-state index in [1.54, 1.807) is 23.1 Å². The van der Waals surface area contributed by atoms with E-state index in [2.05, 4.69) is 17.4 Å². The normalized spacial score (nSPS) is 14.2. The number of rotatable bonds is 5. The summed E-state index contributed by atoms with van der Waals surface area (Å²) in [5.41, 5.74) is 1.87. The van der Waals surface area contributed by atoms with Gasteiger partial charge in [0.2, 0.25) is 0 Å². The highest BCUT2D eigenvalue weighted by molar-refractivity contribution is 6.32. The number of nitrogens with one attached hydrogen (secondary N) is 1. The van der Waals surface area contributed by atoms with Crippen molar-refractivity contribution in [2.75, 3.05) is 38.2 Å². The minimum Gasteiger partial charge on any atom is -0.492 e. The molecule has 0 atom stereocenters. The van der Waals surface area contributed by atoms with Crippen LogP contribution in [0.5, 0.6) is 5.75 Å². The number of hydrogen-bond donors (Lipinski definition) is 1. The predicted octanol–water partition coefficient (Wildman–Crippen LogP) is 3.83. The lowest BCUT2D eigenvalue weighted by Gasteiger charge is -2.27. The van der Waals surface area contributed by atoms with Crippen molar-refractivity contribution in [3.05, 3.63) is 59.1 Å². The van der Waals surface area contributed by atoms with Gasteiger partial charge >= 0.3 is 6.03 Å². The second-order valence-corrected chi connectivity index (χ2v) is 6.17. The van der Waals surface area contributed by atoms with E-state index in [1.165, 1.54) is 5.56 Å². The van der Waals surface area contributed by atoms with Gasteiger partial charge in [-0.1, -0.05) is 41.9 Å². The van der Waals surface area contributed by atoms with Crippen LogP contribution in [0.25, 0.3) is 0 Å². The fourth-order valence-corrected chi connectivity index (χ4v) is 2.82. The fourth-order valence-electron chi connectivity index (χ4n) is 2.59. The van der Waals surface area contributed by atoms with Crippen LogP contribution in [-0.4, -0.2) is 43.8 Å². The van der Waals surface area contributed by atoms with Crippen molar-refractivity contribution in [1.82, 2.24) is 4.90 Å². The molecule has 1 aliphatic heterocycles. The molecule has 6 heteroatoms. The summed E-state index contributed by atoms with van der Waals surface area (Å²) < 4.78 is 11.0. The Morgan fingerprint density at radius 1 is 1.16 bits per heavy atom. The second kappa shape index (κ2) is 8.74. The van der Waals surface area contributed by atoms with Crippen LogP contribution in [0, 0.1) is 0 Å². The van der Waals surface area contributed by atoms with Crippen LogP contribution in [0.2, 0.25) is 5.02 Å². The molecule has 0 aliphatic carbocycles. The maximum Gasteiger partial charge on any atom is 0.322 e. The number of amides is 2. The lowest BCUT2D eigenvalue weighted by atomic mass is 10.2. The van der Waals surface area contributed by atoms with Crippen molar-refractivity contribution >= 4 is 23.3 Å². The number of hydrogen-bond acceptors (Lipinski definition) is 3. The first kappa shape index (κ1) is 17.6. The Bertz CT molecular complexity index is 703. The molecule has 3 rings (SSSR count). The lowest BCUT2D eigenvalue weighted by molar-refractivity contribution is 0.0564. The third-order valence-corrected chi connectivity index (χ3v) is 4.27. The largest absolute Gasteiger partial charge is 0.492 e. The number of halogens is 1. The van der Waals surface area contributed by atoms with Crippen molar-refractivity contribution in [1.29, 1.82) is 0 Å². The smallest absolute Gasteiger partial charge is 0.322 e. The second-order valence-electron chi connectivity index (χ2n) is 5.76. The average Bonchev–Trinajstić information content (AvgIpc) is 2.65. The number of benzene rings is 2. The number of morpholine rings is 1. The first-order valence-corrected chi connectivity index (χ1v) is 8.70. The molecule has 5 nitrogen and oxygen atoms in total. The SMILES string of the molecule is O=C(Nc1ccc(OCCc2ccccc2)c(Cl)c1)N1CCOCC1. The topological polar surface area (TPSA) is 50.8 Å². The summed E-state index contributed by atoms with van der Waals surface area (Å²) in [6.45, 7) is 2.88. The Labute approximate surface area is 152 Å². The van der Waals surface area contributed by atoms with Gasteiger partial charge in [-0.05, 0) is 23.8 Å². The van der Waals surface area contributed by atoms with E-state index in [1.807, 2.05) is 18.2 Å². The molecule has 1 fully saturated rings. The number of carbonyl (C=O) groups excluding carboxylic acids is 1. The maximum absolute atomic E-state index is 12.2. The van der Waals surface area contributed by atoms with Crippen LogP contribution >= 0.6 is 11.6 Å². The molecule has 1 aliphatic rings. The molecule has 1 N–H and O–H groups in total. The summed E-state index contributed by atoms with van der Waals surface area (Å²) in [6, 6.07) is 15.3. The number of nitrogens with zero attached hydrogens (tertiary/aromatic N) is 1. The van der Waals surface area contributed by atoms with E-state index in [0.717, 1.165) is 6.42 Å². The Balaban J connectivity index is 1.52. The highest BCUT2D eigenvalue weighted by Gasteiger charge is 2.17. The van der Waals surface area contributed by atoms with Gasteiger partial charge in [-0.15, -0.1) is 0 Å². The first-order valence-electron chi connectivity index (χ1n) is 8.32. The quantitative estimate of drug-likeness (QED) is 0.881. The van der Waals surface area contributed by atoms with E-state index in [-0.39, 0.29) is 6.03 Å². The predicted molar refractivity (Wildman–Crippen MR) is 98.5 cm³/mol. The Hall–Kier alpha value is -2.24.